The third kappa shape index (κ3) is 10.2. The van der Waals surface area contributed by atoms with Crippen LogP contribution >= 0.6 is 0 Å². The average molecular weight is 576 g/mol. The second-order valence-corrected chi connectivity index (χ2v) is 11.2. The Balaban J connectivity index is 1.76. The average Bonchev–Trinajstić information content (AvgIpc) is 3.16. The Morgan fingerprint density at radius 3 is 2.23 bits per heavy atom. The van der Waals surface area contributed by atoms with Crippen LogP contribution in [0.3, 0.4) is 0 Å². The van der Waals surface area contributed by atoms with Gasteiger partial charge in [0.2, 0.25) is 5.91 Å². The zero-order valence-electron chi connectivity index (χ0n) is 24.2. The van der Waals surface area contributed by atoms with Gasteiger partial charge in [0.05, 0.1) is 31.0 Å². The second kappa shape index (κ2) is 15.8. The summed E-state index contributed by atoms with van der Waals surface area (Å²) in [6.45, 7) is 8.71. The zero-order valence-corrected chi connectivity index (χ0v) is 24.2. The Morgan fingerprint density at radius 1 is 0.975 bits per heavy atom. The van der Waals surface area contributed by atoms with Crippen LogP contribution in [0.15, 0.2) is 5.18 Å². The van der Waals surface area contributed by atoms with E-state index in [0.717, 1.165) is 0 Å². The normalized spacial score (nSPS) is 33.2. The maximum atomic E-state index is 11.6. The van der Waals surface area contributed by atoms with Crippen LogP contribution in [-0.2, 0) is 38.0 Å². The van der Waals surface area contributed by atoms with Crippen molar-refractivity contribution in [2.75, 3.05) is 40.3 Å². The maximum absolute atomic E-state index is 11.6. The van der Waals surface area contributed by atoms with Gasteiger partial charge in [0.25, 0.3) is 0 Å². The molecular weight excluding hydrogens is 531 g/mol. The van der Waals surface area contributed by atoms with E-state index in [4.69, 9.17) is 41.0 Å². The Bertz CT molecular complexity index is 791. The quantitative estimate of drug-likeness (QED) is 0.0975. The van der Waals surface area contributed by atoms with Crippen LogP contribution in [-0.4, -0.2) is 136 Å². The fourth-order valence-corrected chi connectivity index (χ4v) is 4.47. The molecule has 40 heavy (non-hydrogen) atoms. The first-order valence-corrected chi connectivity index (χ1v) is 13.4. The Morgan fingerprint density at radius 2 is 1.62 bits per heavy atom. The molecule has 2 fully saturated rings. The number of rotatable bonds is 17. The van der Waals surface area contributed by atoms with E-state index in [-0.39, 0.29) is 19.9 Å². The van der Waals surface area contributed by atoms with Crippen molar-refractivity contribution in [3.63, 3.8) is 0 Å². The number of aliphatic hydroxyl groups excluding tert-OH is 3. The summed E-state index contributed by atoms with van der Waals surface area (Å²) in [4.78, 5) is 22.2. The van der Waals surface area contributed by atoms with Crippen molar-refractivity contribution in [2.45, 2.75) is 114 Å². The van der Waals surface area contributed by atoms with Gasteiger partial charge in [-0.05, 0) is 40.5 Å². The number of nitroso groups, excluding NO2 is 1. The van der Waals surface area contributed by atoms with Crippen molar-refractivity contribution < 1.29 is 53.3 Å². The third-order valence-corrected chi connectivity index (χ3v) is 7.02. The molecular formula is C25H45BN2O12. The van der Waals surface area contributed by atoms with E-state index < -0.39 is 78.7 Å². The van der Waals surface area contributed by atoms with Crippen molar-refractivity contribution in [1.82, 2.24) is 5.32 Å². The molecule has 2 radical (unpaired) electrons. The number of carbonyl (C=O) groups excluding carboxylic acids is 1. The van der Waals surface area contributed by atoms with Crippen molar-refractivity contribution in [2.24, 2.45) is 5.18 Å². The van der Waals surface area contributed by atoms with Gasteiger partial charge in [-0.3, -0.25) is 4.79 Å². The zero-order chi connectivity index (χ0) is 30.1. The number of aliphatic hydroxyl groups is 3. The summed E-state index contributed by atoms with van der Waals surface area (Å²) in [6, 6.07) is -1.78. The molecule has 4 N–H and O–H groups in total. The summed E-state index contributed by atoms with van der Waals surface area (Å²) in [5.41, 5.74) is -1.19. The molecule has 0 saturated carbocycles. The summed E-state index contributed by atoms with van der Waals surface area (Å²) in [7, 11) is 7.45. The van der Waals surface area contributed by atoms with Gasteiger partial charge in [-0.25, -0.2) is 0 Å². The number of hydrogen-bond acceptors (Lipinski definition) is 13. The van der Waals surface area contributed by atoms with E-state index >= 15 is 0 Å². The van der Waals surface area contributed by atoms with E-state index in [1.165, 1.54) is 14.0 Å². The van der Waals surface area contributed by atoms with Gasteiger partial charge in [0, 0.05) is 20.0 Å². The molecule has 0 aromatic carbocycles. The molecule has 0 aromatic rings. The van der Waals surface area contributed by atoms with E-state index in [9.17, 15) is 25.0 Å². The molecule has 1 amide bonds. The molecule has 0 aromatic heterocycles. The molecule has 2 aliphatic rings. The van der Waals surface area contributed by atoms with Crippen LogP contribution in [0, 0.1) is 4.91 Å². The topological polar surface area (TPSA) is 184 Å². The lowest BCUT2D eigenvalue weighted by Gasteiger charge is -2.42. The van der Waals surface area contributed by atoms with Crippen LogP contribution < -0.4 is 5.32 Å². The van der Waals surface area contributed by atoms with Gasteiger partial charge in [-0.15, -0.1) is 0 Å². The summed E-state index contributed by atoms with van der Waals surface area (Å²) in [5, 5.41) is 35.3. The van der Waals surface area contributed by atoms with Gasteiger partial charge >= 0.3 is 0 Å². The SMILES string of the molecule is [B]C1OC(CN=O)C(OC)C1OCOC(C)(C)CCOC(C)(C)CCOC1OC(CO)C(O)C(O)C1NC(C)=O. The van der Waals surface area contributed by atoms with Gasteiger partial charge in [0.1, 0.15) is 63.8 Å². The molecule has 15 heteroatoms. The minimum atomic E-state index is -1.38. The van der Waals surface area contributed by atoms with Gasteiger partial charge in [-0.2, -0.15) is 4.91 Å². The molecule has 14 nitrogen and oxygen atoms in total. The molecule has 2 rings (SSSR count). The highest BCUT2D eigenvalue weighted by atomic mass is 16.7. The molecule has 230 valence electrons. The van der Waals surface area contributed by atoms with Crippen LogP contribution in [0.5, 0.6) is 0 Å². The molecule has 2 heterocycles. The molecule has 9 unspecified atom stereocenters. The van der Waals surface area contributed by atoms with E-state index in [2.05, 4.69) is 10.5 Å². The minimum absolute atomic E-state index is 0.0701. The van der Waals surface area contributed by atoms with Crippen molar-refractivity contribution in [1.29, 1.82) is 0 Å². The minimum Gasteiger partial charge on any atom is -0.394 e. The van der Waals surface area contributed by atoms with Crippen molar-refractivity contribution >= 4 is 13.8 Å². The number of amides is 1. The Kier molecular flexibility index (Phi) is 13.8. The number of ether oxygens (including phenoxy) is 7. The van der Waals surface area contributed by atoms with Gasteiger partial charge in [0.15, 0.2) is 6.29 Å². The van der Waals surface area contributed by atoms with Crippen LogP contribution in [0.1, 0.15) is 47.5 Å². The first-order chi connectivity index (χ1) is 18.7. The fourth-order valence-electron chi connectivity index (χ4n) is 4.47. The van der Waals surface area contributed by atoms with Gasteiger partial charge in [-0.1, -0.05) is 5.18 Å². The molecule has 2 saturated heterocycles. The molecule has 0 spiro atoms. The molecule has 9 atom stereocenters. The number of methoxy groups -OCH3 is 1. The highest BCUT2D eigenvalue weighted by Crippen LogP contribution is 2.27. The van der Waals surface area contributed by atoms with Gasteiger partial charge < -0.3 is 53.8 Å². The number of hydrogen-bond donors (Lipinski definition) is 4. The first-order valence-electron chi connectivity index (χ1n) is 13.4. The smallest absolute Gasteiger partial charge is 0.217 e. The summed E-state index contributed by atoms with van der Waals surface area (Å²) in [6.07, 6.45) is -5.61. The third-order valence-electron chi connectivity index (χ3n) is 7.02. The number of nitrogens with zero attached hydrogens (tertiary/aromatic N) is 1. The monoisotopic (exact) mass is 576 g/mol. The van der Waals surface area contributed by atoms with E-state index in [0.29, 0.717) is 19.4 Å². The Hall–Kier alpha value is -1.27. The molecule has 0 bridgehead atoms. The first kappa shape index (κ1) is 34.9. The fraction of sp³-hybridized carbons (Fsp3) is 0.960. The number of nitrogens with one attached hydrogen (secondary N) is 1. The lowest BCUT2D eigenvalue weighted by Crippen LogP contribution is -2.64. The van der Waals surface area contributed by atoms with Crippen LogP contribution in [0.4, 0.5) is 0 Å². The van der Waals surface area contributed by atoms with Crippen molar-refractivity contribution in [3.05, 3.63) is 4.91 Å². The highest BCUT2D eigenvalue weighted by Gasteiger charge is 2.46. The molecule has 2 aliphatic heterocycles. The van der Waals surface area contributed by atoms with E-state index in [1.54, 1.807) is 0 Å². The predicted octanol–water partition coefficient (Wildman–Crippen LogP) is -0.665. The largest absolute Gasteiger partial charge is 0.394 e. The van der Waals surface area contributed by atoms with Crippen LogP contribution in [0.25, 0.3) is 0 Å². The lowest BCUT2D eigenvalue weighted by molar-refractivity contribution is -0.272. The predicted molar refractivity (Wildman–Crippen MR) is 141 cm³/mol. The Labute approximate surface area is 236 Å². The molecule has 0 aliphatic carbocycles. The standard InChI is InChI=1S/C25H45BN2O12/c1-14(30)28-17-19(32)18(31)16(12-29)40-23(17)35-9-7-24(2,3)37-10-8-25(4,5)38-13-36-21-20(34-6)15(11-27-33)39-22(21)26/h15-23,29,31-32H,7-13H2,1-6H3,(H,28,30). The maximum Gasteiger partial charge on any atom is 0.217 e. The van der Waals surface area contributed by atoms with E-state index in [1.807, 2.05) is 27.7 Å². The highest BCUT2D eigenvalue weighted by molar-refractivity contribution is 6.11. The summed E-state index contributed by atoms with van der Waals surface area (Å²) in [5.74, 6) is -0.424. The summed E-state index contributed by atoms with van der Waals surface area (Å²) < 4.78 is 40.0. The van der Waals surface area contributed by atoms with Crippen LogP contribution in [0.2, 0.25) is 0 Å². The number of carbonyl (C=O) groups is 1. The van der Waals surface area contributed by atoms with Crippen molar-refractivity contribution in [3.8, 4) is 0 Å². The summed E-state index contributed by atoms with van der Waals surface area (Å²) >= 11 is 0. The second-order valence-electron chi connectivity index (χ2n) is 11.2. The lowest BCUT2D eigenvalue weighted by atomic mass is 9.93.